The van der Waals surface area contributed by atoms with Crippen molar-refractivity contribution in [1.29, 1.82) is 0 Å². The SMILES string of the molecule is Cc1ccc(NC(=O)N2CCC2)c(=O)n1Cc1cc(C(F)(F)F)cc(Cl)c1F. The van der Waals surface area contributed by atoms with E-state index >= 15 is 0 Å². The lowest BCUT2D eigenvalue weighted by Gasteiger charge is -2.30. The average Bonchev–Trinajstić information content (AvgIpc) is 2.55. The second-order valence-corrected chi connectivity index (χ2v) is 6.89. The number of aryl methyl sites for hydroxylation is 1. The van der Waals surface area contributed by atoms with Crippen LogP contribution in [0.1, 0.15) is 23.2 Å². The summed E-state index contributed by atoms with van der Waals surface area (Å²) in [5.41, 5.74) is -1.79. The zero-order chi connectivity index (χ0) is 20.6. The van der Waals surface area contributed by atoms with E-state index in [4.69, 9.17) is 11.6 Å². The summed E-state index contributed by atoms with van der Waals surface area (Å²) in [5, 5.41) is 1.80. The Hall–Kier alpha value is -2.55. The molecule has 1 aromatic carbocycles. The number of likely N-dealkylation sites (tertiary alicyclic amines) is 1. The highest BCUT2D eigenvalue weighted by atomic mass is 35.5. The summed E-state index contributed by atoms with van der Waals surface area (Å²) in [4.78, 5) is 26.2. The number of nitrogens with one attached hydrogen (secondary N) is 1. The summed E-state index contributed by atoms with van der Waals surface area (Å²) in [6.45, 7) is 2.25. The van der Waals surface area contributed by atoms with E-state index in [1.807, 2.05) is 0 Å². The van der Waals surface area contributed by atoms with Crippen LogP contribution < -0.4 is 10.9 Å². The van der Waals surface area contributed by atoms with Gasteiger partial charge in [-0.05, 0) is 37.6 Å². The van der Waals surface area contributed by atoms with Crippen LogP contribution in [0, 0.1) is 12.7 Å². The van der Waals surface area contributed by atoms with Crippen LogP contribution in [-0.4, -0.2) is 28.6 Å². The molecule has 0 saturated carbocycles. The Balaban J connectivity index is 1.96. The van der Waals surface area contributed by atoms with Crippen LogP contribution in [0.25, 0.3) is 0 Å². The van der Waals surface area contributed by atoms with Gasteiger partial charge in [0.25, 0.3) is 5.56 Å². The van der Waals surface area contributed by atoms with E-state index in [9.17, 15) is 27.2 Å². The maximum absolute atomic E-state index is 14.3. The Morgan fingerprint density at radius 3 is 2.50 bits per heavy atom. The molecule has 1 aromatic heterocycles. The maximum Gasteiger partial charge on any atom is 0.416 e. The topological polar surface area (TPSA) is 54.3 Å². The quantitative estimate of drug-likeness (QED) is 0.759. The van der Waals surface area contributed by atoms with Gasteiger partial charge in [-0.25, -0.2) is 9.18 Å². The number of rotatable bonds is 3. The molecule has 2 aromatic rings. The lowest BCUT2D eigenvalue weighted by atomic mass is 10.1. The van der Waals surface area contributed by atoms with Gasteiger partial charge in [-0.1, -0.05) is 11.6 Å². The fourth-order valence-electron chi connectivity index (χ4n) is 2.77. The molecule has 1 N–H and O–H groups in total. The van der Waals surface area contributed by atoms with Crippen LogP contribution in [0.4, 0.5) is 28.0 Å². The van der Waals surface area contributed by atoms with E-state index in [1.165, 1.54) is 17.0 Å². The lowest BCUT2D eigenvalue weighted by molar-refractivity contribution is -0.137. The second-order valence-electron chi connectivity index (χ2n) is 6.48. The third kappa shape index (κ3) is 3.99. The van der Waals surface area contributed by atoms with E-state index < -0.39 is 40.7 Å². The van der Waals surface area contributed by atoms with E-state index in [-0.39, 0.29) is 11.3 Å². The number of nitrogens with zero attached hydrogens (tertiary/aromatic N) is 2. The van der Waals surface area contributed by atoms with E-state index in [0.29, 0.717) is 30.9 Å². The molecular formula is C18H16ClF4N3O2. The summed E-state index contributed by atoms with van der Waals surface area (Å²) in [5.74, 6) is -1.03. The number of amides is 2. The summed E-state index contributed by atoms with van der Waals surface area (Å²) in [7, 11) is 0. The first-order valence-electron chi connectivity index (χ1n) is 8.39. The van der Waals surface area contributed by atoms with Gasteiger partial charge in [-0.2, -0.15) is 13.2 Å². The molecule has 1 aliphatic heterocycles. The Kier molecular flexibility index (Phi) is 5.38. The Bertz CT molecular complexity index is 984. The molecule has 0 aliphatic carbocycles. The number of carbonyl (C=O) groups is 1. The van der Waals surface area contributed by atoms with Crippen molar-refractivity contribution in [3.05, 3.63) is 62.3 Å². The number of pyridine rings is 1. The van der Waals surface area contributed by atoms with Crippen molar-refractivity contribution in [3.8, 4) is 0 Å². The van der Waals surface area contributed by atoms with E-state index in [2.05, 4.69) is 5.32 Å². The molecule has 0 atom stereocenters. The number of urea groups is 1. The lowest BCUT2D eigenvalue weighted by Crippen LogP contribution is -2.45. The molecule has 0 bridgehead atoms. The van der Waals surface area contributed by atoms with E-state index in [0.717, 1.165) is 11.0 Å². The zero-order valence-electron chi connectivity index (χ0n) is 14.7. The first-order valence-corrected chi connectivity index (χ1v) is 8.77. The fraction of sp³-hybridized carbons (Fsp3) is 0.333. The van der Waals surface area contributed by atoms with Gasteiger partial charge in [0.05, 0.1) is 17.1 Å². The first kappa shape index (κ1) is 20.2. The minimum absolute atomic E-state index is 0.0408. The second kappa shape index (κ2) is 7.46. The molecule has 2 amide bonds. The van der Waals surface area contributed by atoms with Crippen LogP contribution in [0.2, 0.25) is 5.02 Å². The summed E-state index contributed by atoms with van der Waals surface area (Å²) >= 11 is 5.60. The molecule has 0 radical (unpaired) electrons. The molecule has 1 fully saturated rings. The van der Waals surface area contributed by atoms with Crippen molar-refractivity contribution < 1.29 is 22.4 Å². The monoisotopic (exact) mass is 417 g/mol. The van der Waals surface area contributed by atoms with Gasteiger partial charge in [-0.15, -0.1) is 0 Å². The average molecular weight is 418 g/mol. The molecule has 5 nitrogen and oxygen atoms in total. The predicted octanol–water partition coefficient (Wildman–Crippen LogP) is 4.25. The summed E-state index contributed by atoms with van der Waals surface area (Å²) in [6.07, 6.45) is -3.83. The summed E-state index contributed by atoms with van der Waals surface area (Å²) in [6, 6.07) is 3.60. The third-order valence-corrected chi connectivity index (χ3v) is 4.81. The van der Waals surface area contributed by atoms with Crippen molar-refractivity contribution in [2.45, 2.75) is 26.1 Å². The molecule has 150 valence electrons. The molecule has 1 saturated heterocycles. The minimum Gasteiger partial charge on any atom is -0.324 e. The minimum atomic E-state index is -4.71. The van der Waals surface area contributed by atoms with Crippen molar-refractivity contribution in [3.63, 3.8) is 0 Å². The number of halogens is 5. The van der Waals surface area contributed by atoms with Crippen LogP contribution in [-0.2, 0) is 12.7 Å². The molecule has 1 aliphatic rings. The smallest absolute Gasteiger partial charge is 0.324 e. The molecular weight excluding hydrogens is 402 g/mol. The number of carbonyl (C=O) groups excluding carboxylic acids is 1. The van der Waals surface area contributed by atoms with Gasteiger partial charge in [0.15, 0.2) is 0 Å². The van der Waals surface area contributed by atoms with Crippen molar-refractivity contribution in [2.24, 2.45) is 0 Å². The molecule has 28 heavy (non-hydrogen) atoms. The number of alkyl halides is 3. The maximum atomic E-state index is 14.3. The van der Waals surface area contributed by atoms with E-state index in [1.54, 1.807) is 6.92 Å². The standard InChI is InChI=1S/C18H16ClF4N3O2/c1-10-3-4-14(24-17(28)25-5-2-6-25)16(27)26(10)9-11-7-12(18(21,22)23)8-13(19)15(11)20/h3-4,7-8H,2,5-6,9H2,1H3,(H,24,28). The molecule has 0 spiro atoms. The molecule has 2 heterocycles. The number of hydrogen-bond acceptors (Lipinski definition) is 2. The Morgan fingerprint density at radius 1 is 1.25 bits per heavy atom. The highest BCUT2D eigenvalue weighted by molar-refractivity contribution is 6.30. The van der Waals surface area contributed by atoms with Gasteiger partial charge >= 0.3 is 12.2 Å². The van der Waals surface area contributed by atoms with Gasteiger partial charge < -0.3 is 14.8 Å². The molecule has 0 unspecified atom stereocenters. The molecule has 10 heteroatoms. The fourth-order valence-corrected chi connectivity index (χ4v) is 3.01. The van der Waals surface area contributed by atoms with Crippen LogP contribution >= 0.6 is 11.6 Å². The predicted molar refractivity (Wildman–Crippen MR) is 96.2 cm³/mol. The van der Waals surface area contributed by atoms with Crippen molar-refractivity contribution in [1.82, 2.24) is 9.47 Å². The summed E-state index contributed by atoms with van der Waals surface area (Å²) < 4.78 is 54.4. The third-order valence-electron chi connectivity index (χ3n) is 4.54. The highest BCUT2D eigenvalue weighted by Crippen LogP contribution is 2.33. The highest BCUT2D eigenvalue weighted by Gasteiger charge is 2.32. The number of anilines is 1. The van der Waals surface area contributed by atoms with Crippen molar-refractivity contribution in [2.75, 3.05) is 18.4 Å². The number of hydrogen-bond donors (Lipinski definition) is 1. The van der Waals surface area contributed by atoms with Gasteiger partial charge in [0.1, 0.15) is 11.5 Å². The van der Waals surface area contributed by atoms with Gasteiger partial charge in [0, 0.05) is 24.3 Å². The van der Waals surface area contributed by atoms with Crippen LogP contribution in [0.5, 0.6) is 0 Å². The number of benzene rings is 1. The number of aromatic nitrogens is 1. The largest absolute Gasteiger partial charge is 0.416 e. The Morgan fingerprint density at radius 2 is 1.93 bits per heavy atom. The normalized spacial score (nSPS) is 14.0. The van der Waals surface area contributed by atoms with Gasteiger partial charge in [0.2, 0.25) is 0 Å². The zero-order valence-corrected chi connectivity index (χ0v) is 15.5. The Labute approximate surface area is 162 Å². The van der Waals surface area contributed by atoms with Crippen molar-refractivity contribution >= 4 is 23.3 Å². The van der Waals surface area contributed by atoms with Crippen LogP contribution in [0.15, 0.2) is 29.1 Å². The van der Waals surface area contributed by atoms with Gasteiger partial charge in [-0.3, -0.25) is 4.79 Å². The first-order chi connectivity index (χ1) is 13.1. The van der Waals surface area contributed by atoms with Crippen LogP contribution in [0.3, 0.4) is 0 Å². The molecule has 3 rings (SSSR count).